The first-order valence-corrected chi connectivity index (χ1v) is 11.1. The lowest BCUT2D eigenvalue weighted by Gasteiger charge is -2.39. The van der Waals surface area contributed by atoms with Crippen LogP contribution in [0.3, 0.4) is 0 Å². The molecule has 2 amide bonds. The molecular formula is C23H28N2O2S. The first-order chi connectivity index (χ1) is 13.6. The van der Waals surface area contributed by atoms with Gasteiger partial charge >= 0.3 is 0 Å². The number of hydrogen-bond acceptors (Lipinski definition) is 3. The summed E-state index contributed by atoms with van der Waals surface area (Å²) >= 11 is 1.64. The topological polar surface area (TPSA) is 40.6 Å². The number of hydrogen-bond donors (Lipinski definition) is 0. The summed E-state index contributed by atoms with van der Waals surface area (Å²) in [7, 11) is 0. The quantitative estimate of drug-likeness (QED) is 0.569. The molecule has 148 valence electrons. The van der Waals surface area contributed by atoms with Gasteiger partial charge < -0.3 is 9.80 Å². The van der Waals surface area contributed by atoms with Gasteiger partial charge in [0.15, 0.2) is 0 Å². The van der Waals surface area contributed by atoms with Crippen molar-refractivity contribution >= 4 is 29.2 Å². The van der Waals surface area contributed by atoms with Gasteiger partial charge in [-0.3, -0.25) is 9.59 Å². The predicted molar refractivity (Wildman–Crippen MR) is 114 cm³/mol. The molecule has 5 heteroatoms. The van der Waals surface area contributed by atoms with Crippen molar-refractivity contribution < 1.29 is 9.59 Å². The van der Waals surface area contributed by atoms with Crippen LogP contribution in [0, 0.1) is 11.3 Å². The molecule has 1 aliphatic carbocycles. The van der Waals surface area contributed by atoms with E-state index in [0.29, 0.717) is 0 Å². The number of rotatable bonds is 3. The van der Waals surface area contributed by atoms with Crippen LogP contribution in [0.1, 0.15) is 38.2 Å². The minimum Gasteiger partial charge on any atom is -0.341 e. The van der Waals surface area contributed by atoms with Crippen LogP contribution in [0.15, 0.2) is 46.7 Å². The molecule has 3 heterocycles. The molecule has 0 aromatic carbocycles. The van der Waals surface area contributed by atoms with E-state index < -0.39 is 0 Å². The molecular weight excluding hydrogens is 368 g/mol. The number of carbonyl (C=O) groups is 2. The highest BCUT2D eigenvalue weighted by Crippen LogP contribution is 2.41. The minimum atomic E-state index is -0.0761. The molecule has 0 bridgehead atoms. The van der Waals surface area contributed by atoms with E-state index >= 15 is 0 Å². The van der Waals surface area contributed by atoms with Gasteiger partial charge in [-0.15, -0.1) is 0 Å². The molecule has 4 nitrogen and oxygen atoms in total. The van der Waals surface area contributed by atoms with Gasteiger partial charge in [0.25, 0.3) is 0 Å². The van der Waals surface area contributed by atoms with E-state index in [4.69, 9.17) is 0 Å². The SMILES string of the molecule is CC1=CCC=CC1C(=O)N1CCC2(CCN(C(=O)/C=C/c3ccsc3)CC2)C1. The van der Waals surface area contributed by atoms with Crippen LogP contribution in [0.25, 0.3) is 6.08 Å². The van der Waals surface area contributed by atoms with Crippen molar-refractivity contribution in [3.63, 3.8) is 0 Å². The smallest absolute Gasteiger partial charge is 0.246 e. The molecule has 0 saturated carbocycles. The second-order valence-electron chi connectivity index (χ2n) is 8.31. The summed E-state index contributed by atoms with van der Waals surface area (Å²) in [6.07, 6.45) is 13.9. The van der Waals surface area contributed by atoms with Crippen molar-refractivity contribution in [3.05, 3.63) is 52.3 Å². The monoisotopic (exact) mass is 396 g/mol. The van der Waals surface area contributed by atoms with E-state index in [-0.39, 0.29) is 23.1 Å². The van der Waals surface area contributed by atoms with E-state index in [1.807, 2.05) is 27.8 Å². The highest BCUT2D eigenvalue weighted by Gasteiger charge is 2.43. The average molecular weight is 397 g/mol. The van der Waals surface area contributed by atoms with E-state index in [1.165, 1.54) is 5.57 Å². The van der Waals surface area contributed by atoms with Crippen LogP contribution in [-0.2, 0) is 9.59 Å². The molecule has 1 aromatic heterocycles. The lowest BCUT2D eigenvalue weighted by Crippen LogP contribution is -2.44. The third kappa shape index (κ3) is 4.00. The zero-order chi connectivity index (χ0) is 19.6. The average Bonchev–Trinajstić information content (AvgIpc) is 3.37. The van der Waals surface area contributed by atoms with Crippen LogP contribution in [0.4, 0.5) is 0 Å². The highest BCUT2D eigenvalue weighted by molar-refractivity contribution is 7.08. The summed E-state index contributed by atoms with van der Waals surface area (Å²) < 4.78 is 0. The fraction of sp³-hybridized carbons (Fsp3) is 0.478. The maximum absolute atomic E-state index is 13.0. The molecule has 1 spiro atoms. The zero-order valence-corrected chi connectivity index (χ0v) is 17.3. The molecule has 2 saturated heterocycles. The largest absolute Gasteiger partial charge is 0.341 e. The number of amides is 2. The molecule has 1 unspecified atom stereocenters. The van der Waals surface area contributed by atoms with Gasteiger partial charge in [-0.1, -0.05) is 23.8 Å². The normalized spacial score (nSPS) is 24.2. The Bertz CT molecular complexity index is 814. The van der Waals surface area contributed by atoms with Gasteiger partial charge in [-0.05, 0) is 66.5 Å². The molecule has 4 rings (SSSR count). The number of allylic oxidation sites excluding steroid dienone is 2. The lowest BCUT2D eigenvalue weighted by atomic mass is 9.77. The number of piperidine rings is 1. The van der Waals surface area contributed by atoms with Gasteiger partial charge in [0.2, 0.25) is 11.8 Å². The Hall–Kier alpha value is -2.14. The van der Waals surface area contributed by atoms with Crippen LogP contribution >= 0.6 is 11.3 Å². The minimum absolute atomic E-state index is 0.0761. The van der Waals surface area contributed by atoms with Gasteiger partial charge in [0.05, 0.1) is 5.92 Å². The fourth-order valence-electron chi connectivity index (χ4n) is 4.60. The Morgan fingerprint density at radius 2 is 1.93 bits per heavy atom. The van der Waals surface area contributed by atoms with Crippen LogP contribution in [0.2, 0.25) is 0 Å². The van der Waals surface area contributed by atoms with Crippen molar-refractivity contribution in [3.8, 4) is 0 Å². The van der Waals surface area contributed by atoms with Gasteiger partial charge in [0, 0.05) is 32.3 Å². The second kappa shape index (κ2) is 8.08. The second-order valence-corrected chi connectivity index (χ2v) is 9.09. The van der Waals surface area contributed by atoms with Crippen molar-refractivity contribution in [2.24, 2.45) is 11.3 Å². The molecule has 2 aliphatic heterocycles. The van der Waals surface area contributed by atoms with Gasteiger partial charge in [-0.2, -0.15) is 11.3 Å². The van der Waals surface area contributed by atoms with Crippen molar-refractivity contribution in [2.45, 2.75) is 32.6 Å². The first kappa shape index (κ1) is 19.2. The van der Waals surface area contributed by atoms with E-state index in [1.54, 1.807) is 17.4 Å². The van der Waals surface area contributed by atoms with Crippen molar-refractivity contribution in [2.75, 3.05) is 26.2 Å². The summed E-state index contributed by atoms with van der Waals surface area (Å²) in [4.78, 5) is 29.5. The van der Waals surface area contributed by atoms with E-state index in [0.717, 1.165) is 57.4 Å². The van der Waals surface area contributed by atoms with Gasteiger partial charge in [0.1, 0.15) is 0 Å². The highest BCUT2D eigenvalue weighted by atomic mass is 32.1. The third-order valence-electron chi connectivity index (χ3n) is 6.51. The van der Waals surface area contributed by atoms with Crippen LogP contribution < -0.4 is 0 Å². The number of likely N-dealkylation sites (tertiary alicyclic amines) is 2. The maximum Gasteiger partial charge on any atom is 0.246 e. The number of carbonyl (C=O) groups excluding carboxylic acids is 2. The zero-order valence-electron chi connectivity index (χ0n) is 16.5. The van der Waals surface area contributed by atoms with E-state index in [9.17, 15) is 9.59 Å². The molecule has 2 fully saturated rings. The predicted octanol–water partition coefficient (Wildman–Crippen LogP) is 4.12. The number of nitrogens with zero attached hydrogens (tertiary/aromatic N) is 2. The molecule has 3 aliphatic rings. The van der Waals surface area contributed by atoms with Crippen LogP contribution in [0.5, 0.6) is 0 Å². The molecule has 1 aromatic rings. The summed E-state index contributed by atoms with van der Waals surface area (Å²) in [5.41, 5.74) is 2.45. The maximum atomic E-state index is 13.0. The van der Waals surface area contributed by atoms with Crippen LogP contribution in [-0.4, -0.2) is 47.8 Å². The Morgan fingerprint density at radius 1 is 1.18 bits per heavy atom. The molecule has 0 radical (unpaired) electrons. The standard InChI is InChI=1S/C23H28N2O2S/c1-18-4-2-3-5-20(18)22(27)25-14-11-23(17-25)9-12-24(13-10-23)21(26)7-6-19-8-15-28-16-19/h3-8,15-16,20H,2,9-14,17H2,1H3/b7-6+. The Kier molecular flexibility index (Phi) is 5.54. The molecule has 28 heavy (non-hydrogen) atoms. The molecule has 0 N–H and O–H groups in total. The summed E-state index contributed by atoms with van der Waals surface area (Å²) in [6.45, 7) is 5.33. The third-order valence-corrected chi connectivity index (χ3v) is 7.21. The molecule has 1 atom stereocenters. The fourth-order valence-corrected chi connectivity index (χ4v) is 5.23. The summed E-state index contributed by atoms with van der Waals surface area (Å²) in [6, 6.07) is 2.02. The van der Waals surface area contributed by atoms with Crippen molar-refractivity contribution in [1.29, 1.82) is 0 Å². The summed E-state index contributed by atoms with van der Waals surface area (Å²) in [5, 5.41) is 4.06. The van der Waals surface area contributed by atoms with Crippen molar-refractivity contribution in [1.82, 2.24) is 9.80 Å². The lowest BCUT2D eigenvalue weighted by molar-refractivity contribution is -0.133. The number of thiophene rings is 1. The van der Waals surface area contributed by atoms with Gasteiger partial charge in [-0.25, -0.2) is 0 Å². The first-order valence-electron chi connectivity index (χ1n) is 10.2. The Morgan fingerprint density at radius 3 is 2.61 bits per heavy atom. The Balaban J connectivity index is 1.31. The summed E-state index contributed by atoms with van der Waals surface area (Å²) in [5.74, 6) is 0.270. The Labute approximate surface area is 171 Å². The van der Waals surface area contributed by atoms with E-state index in [2.05, 4.69) is 30.1 Å².